The Kier molecular flexibility index (Phi) is 5.56. The molecule has 0 aromatic heterocycles. The van der Waals surface area contributed by atoms with Gasteiger partial charge >= 0.3 is 12.0 Å². The average Bonchev–Trinajstić information content (AvgIpc) is 2.60. The average molecular weight is 273 g/mol. The van der Waals surface area contributed by atoms with E-state index < -0.39 is 18.1 Å². The molecule has 1 fully saturated rings. The summed E-state index contributed by atoms with van der Waals surface area (Å²) in [7, 11) is 0. The van der Waals surface area contributed by atoms with Crippen LogP contribution in [0.15, 0.2) is 0 Å². The second-order valence-electron chi connectivity index (χ2n) is 4.39. The van der Waals surface area contributed by atoms with Crippen molar-refractivity contribution in [1.29, 1.82) is 0 Å². The zero-order chi connectivity index (χ0) is 14.4. The van der Waals surface area contributed by atoms with Gasteiger partial charge in [0.25, 0.3) is 0 Å². The summed E-state index contributed by atoms with van der Waals surface area (Å²) in [6, 6.07) is -0.425. The molecule has 8 heteroatoms. The minimum atomic E-state index is -1.61. The van der Waals surface area contributed by atoms with E-state index in [2.05, 4.69) is 5.32 Å². The van der Waals surface area contributed by atoms with E-state index in [1.807, 2.05) is 0 Å². The maximum Gasteiger partial charge on any atom is 0.334 e. The number of hydrogen-bond donors (Lipinski definition) is 3. The van der Waals surface area contributed by atoms with Crippen LogP contribution in [0.25, 0.3) is 0 Å². The molecular formula is C11H19N3O5. The van der Waals surface area contributed by atoms with Crippen LogP contribution < -0.4 is 5.32 Å². The molecule has 108 valence electrons. The van der Waals surface area contributed by atoms with E-state index in [-0.39, 0.29) is 12.5 Å². The highest BCUT2D eigenvalue weighted by atomic mass is 16.4. The molecule has 3 amide bonds. The lowest BCUT2D eigenvalue weighted by Crippen LogP contribution is -2.45. The third-order valence-corrected chi connectivity index (χ3v) is 2.96. The summed E-state index contributed by atoms with van der Waals surface area (Å²) >= 11 is 0. The van der Waals surface area contributed by atoms with Crippen molar-refractivity contribution in [2.45, 2.75) is 19.4 Å². The van der Waals surface area contributed by atoms with Crippen LogP contribution in [-0.4, -0.2) is 76.7 Å². The first-order valence-electron chi connectivity index (χ1n) is 6.11. The van der Waals surface area contributed by atoms with Gasteiger partial charge in [0.2, 0.25) is 5.91 Å². The zero-order valence-corrected chi connectivity index (χ0v) is 10.8. The summed E-state index contributed by atoms with van der Waals surface area (Å²) in [5, 5.41) is 19.9. The lowest BCUT2D eigenvalue weighted by atomic mass is 10.3. The molecule has 1 saturated heterocycles. The number of aliphatic hydroxyl groups excluding tert-OH is 1. The third kappa shape index (κ3) is 4.74. The van der Waals surface area contributed by atoms with E-state index in [0.29, 0.717) is 32.6 Å². The molecular weight excluding hydrogens is 254 g/mol. The van der Waals surface area contributed by atoms with E-state index in [4.69, 9.17) is 10.2 Å². The van der Waals surface area contributed by atoms with Gasteiger partial charge in [0.1, 0.15) is 0 Å². The standard InChI is InChI=1S/C11H19N3O5/c1-8(15)13-3-2-4-14(6-5-13)11(19)12-7-9(16)10(17)18/h9,16H,2-7H2,1H3,(H,12,19)(H,17,18)/t9-/m0/s1. The fraction of sp³-hybridized carbons (Fsp3) is 0.727. The Balaban J connectivity index is 2.41. The fourth-order valence-electron chi connectivity index (χ4n) is 1.82. The molecule has 1 aliphatic heterocycles. The van der Waals surface area contributed by atoms with Crippen molar-refractivity contribution in [3.8, 4) is 0 Å². The molecule has 3 N–H and O–H groups in total. The first-order chi connectivity index (χ1) is 8.91. The smallest absolute Gasteiger partial charge is 0.334 e. The number of carbonyl (C=O) groups is 3. The van der Waals surface area contributed by atoms with Crippen LogP contribution in [0.4, 0.5) is 4.79 Å². The Morgan fingerprint density at radius 1 is 1.16 bits per heavy atom. The van der Waals surface area contributed by atoms with Gasteiger partial charge in [-0.2, -0.15) is 0 Å². The topological polar surface area (TPSA) is 110 Å². The van der Waals surface area contributed by atoms with Crippen LogP contribution in [0.2, 0.25) is 0 Å². The second kappa shape index (κ2) is 6.93. The van der Waals surface area contributed by atoms with Gasteiger partial charge < -0.3 is 25.3 Å². The lowest BCUT2D eigenvalue weighted by molar-refractivity contribution is -0.146. The van der Waals surface area contributed by atoms with Gasteiger partial charge in [0.05, 0.1) is 6.54 Å². The molecule has 0 unspecified atom stereocenters. The van der Waals surface area contributed by atoms with Gasteiger partial charge in [-0.3, -0.25) is 4.79 Å². The van der Waals surface area contributed by atoms with Crippen LogP contribution in [-0.2, 0) is 9.59 Å². The van der Waals surface area contributed by atoms with Gasteiger partial charge in [0.15, 0.2) is 6.10 Å². The first kappa shape index (κ1) is 15.2. The fourth-order valence-corrected chi connectivity index (χ4v) is 1.82. The number of carbonyl (C=O) groups excluding carboxylic acids is 2. The predicted octanol–water partition coefficient (Wildman–Crippen LogP) is -1.30. The van der Waals surface area contributed by atoms with Crippen molar-refractivity contribution >= 4 is 17.9 Å². The monoisotopic (exact) mass is 273 g/mol. The molecule has 0 bridgehead atoms. The maximum atomic E-state index is 11.8. The third-order valence-electron chi connectivity index (χ3n) is 2.96. The van der Waals surface area contributed by atoms with Crippen molar-refractivity contribution in [2.75, 3.05) is 32.7 Å². The van der Waals surface area contributed by atoms with Gasteiger partial charge in [-0.25, -0.2) is 9.59 Å². The first-order valence-corrected chi connectivity index (χ1v) is 6.11. The van der Waals surface area contributed by atoms with Crippen LogP contribution in [0.5, 0.6) is 0 Å². The number of rotatable bonds is 3. The second-order valence-corrected chi connectivity index (χ2v) is 4.39. The lowest BCUT2D eigenvalue weighted by Gasteiger charge is -2.22. The number of nitrogens with one attached hydrogen (secondary N) is 1. The van der Waals surface area contributed by atoms with Crippen LogP contribution in [0.1, 0.15) is 13.3 Å². The molecule has 0 spiro atoms. The summed E-state index contributed by atoms with van der Waals surface area (Å²) in [5.74, 6) is -1.40. The Labute approximate surface area is 111 Å². The highest BCUT2D eigenvalue weighted by Gasteiger charge is 2.21. The Morgan fingerprint density at radius 2 is 1.74 bits per heavy atom. The van der Waals surface area contributed by atoms with Crippen LogP contribution in [0, 0.1) is 0 Å². The van der Waals surface area contributed by atoms with E-state index in [1.54, 1.807) is 4.90 Å². The number of carboxylic acid groups (broad SMARTS) is 1. The number of nitrogens with zero attached hydrogens (tertiary/aromatic N) is 2. The summed E-state index contributed by atoms with van der Waals surface area (Å²) < 4.78 is 0. The zero-order valence-electron chi connectivity index (χ0n) is 10.8. The predicted molar refractivity (Wildman–Crippen MR) is 65.5 cm³/mol. The molecule has 1 aliphatic rings. The molecule has 19 heavy (non-hydrogen) atoms. The molecule has 1 atom stereocenters. The van der Waals surface area contributed by atoms with Gasteiger partial charge in [0, 0.05) is 33.1 Å². The molecule has 0 aromatic carbocycles. The van der Waals surface area contributed by atoms with Crippen molar-refractivity contribution < 1.29 is 24.6 Å². The Hall–Kier alpha value is -1.83. The molecule has 0 aliphatic carbocycles. The van der Waals surface area contributed by atoms with Crippen molar-refractivity contribution in [2.24, 2.45) is 0 Å². The molecule has 0 aromatic rings. The highest BCUT2D eigenvalue weighted by molar-refractivity contribution is 5.77. The minimum Gasteiger partial charge on any atom is -0.479 e. The number of amides is 3. The molecule has 0 radical (unpaired) electrons. The van der Waals surface area contributed by atoms with Crippen LogP contribution >= 0.6 is 0 Å². The summed E-state index contributed by atoms with van der Waals surface area (Å²) in [4.78, 5) is 36.6. The van der Waals surface area contributed by atoms with E-state index in [1.165, 1.54) is 11.8 Å². The molecule has 1 heterocycles. The summed E-state index contributed by atoms with van der Waals surface area (Å²) in [6.07, 6.45) is -0.932. The number of hydrogen-bond acceptors (Lipinski definition) is 4. The molecule has 8 nitrogen and oxygen atoms in total. The normalized spacial score (nSPS) is 17.6. The van der Waals surface area contributed by atoms with Gasteiger partial charge in [-0.05, 0) is 6.42 Å². The quantitative estimate of drug-likeness (QED) is 0.591. The largest absolute Gasteiger partial charge is 0.479 e. The SMILES string of the molecule is CC(=O)N1CCCN(C(=O)NC[C@H](O)C(=O)O)CC1. The van der Waals surface area contributed by atoms with E-state index >= 15 is 0 Å². The minimum absolute atomic E-state index is 0.0245. The Morgan fingerprint density at radius 3 is 2.32 bits per heavy atom. The van der Waals surface area contributed by atoms with Crippen molar-refractivity contribution in [3.63, 3.8) is 0 Å². The van der Waals surface area contributed by atoms with Crippen molar-refractivity contribution in [3.05, 3.63) is 0 Å². The maximum absolute atomic E-state index is 11.8. The van der Waals surface area contributed by atoms with Gasteiger partial charge in [-0.15, -0.1) is 0 Å². The van der Waals surface area contributed by atoms with Gasteiger partial charge in [-0.1, -0.05) is 0 Å². The highest BCUT2D eigenvalue weighted by Crippen LogP contribution is 2.03. The molecule has 1 rings (SSSR count). The van der Waals surface area contributed by atoms with Crippen molar-refractivity contribution in [1.82, 2.24) is 15.1 Å². The Bertz CT molecular complexity index is 360. The summed E-state index contributed by atoms with van der Waals surface area (Å²) in [5.41, 5.74) is 0. The van der Waals surface area contributed by atoms with Crippen LogP contribution in [0.3, 0.4) is 0 Å². The number of aliphatic hydroxyl groups is 1. The van der Waals surface area contributed by atoms with E-state index in [0.717, 1.165) is 0 Å². The number of aliphatic carboxylic acids is 1. The summed E-state index contributed by atoms with van der Waals surface area (Å²) in [6.45, 7) is 3.12. The number of urea groups is 1. The van der Waals surface area contributed by atoms with E-state index in [9.17, 15) is 14.4 Å². The molecule has 0 saturated carbocycles. The number of carboxylic acids is 1.